The van der Waals surface area contributed by atoms with Crippen LogP contribution in [0.25, 0.3) is 0 Å². The molecule has 1 aromatic carbocycles. The summed E-state index contributed by atoms with van der Waals surface area (Å²) in [5.41, 5.74) is 0.923. The third-order valence-electron chi connectivity index (χ3n) is 4.43. The molecule has 1 aliphatic rings. The molecule has 2 atom stereocenters. The van der Waals surface area contributed by atoms with Gasteiger partial charge in [-0.05, 0) is 38.2 Å². The van der Waals surface area contributed by atoms with E-state index in [2.05, 4.69) is 10.6 Å². The summed E-state index contributed by atoms with van der Waals surface area (Å²) in [6, 6.07) is 7.98. The first-order valence-corrected chi connectivity index (χ1v) is 9.63. The molecule has 1 saturated carbocycles. The Kier molecular flexibility index (Phi) is 7.39. The number of esters is 1. The van der Waals surface area contributed by atoms with E-state index in [9.17, 15) is 14.4 Å². The molecule has 0 radical (unpaired) electrons. The third kappa shape index (κ3) is 6.70. The van der Waals surface area contributed by atoms with Crippen molar-refractivity contribution in [3.63, 3.8) is 0 Å². The maximum Gasteiger partial charge on any atom is 0.329 e. The normalized spacial score (nSPS) is 15.9. The van der Waals surface area contributed by atoms with Crippen LogP contribution in [-0.2, 0) is 25.5 Å². The molecule has 27 heavy (non-hydrogen) atoms. The Bertz CT molecular complexity index is 653. The first kappa shape index (κ1) is 20.9. The molecular weight excluding hydrogens is 344 g/mol. The van der Waals surface area contributed by atoms with Crippen LogP contribution in [0.4, 0.5) is 0 Å². The molecule has 2 amide bonds. The standard InChI is InChI=1S/C21H30N2O4/c1-13(2)18(23-19(24)16-10-11-16)20(25)22-17(21(26)27-14(3)4)12-15-8-6-5-7-9-15/h5-9,13-14,16-18H,10-12H2,1-4H3,(H,22,25)(H,23,24)/t17-,18-/m1/s1. The van der Waals surface area contributed by atoms with E-state index < -0.39 is 18.1 Å². The average Bonchev–Trinajstić information content (AvgIpc) is 3.44. The zero-order valence-corrected chi connectivity index (χ0v) is 16.5. The second-order valence-corrected chi connectivity index (χ2v) is 7.74. The van der Waals surface area contributed by atoms with Gasteiger partial charge >= 0.3 is 5.97 Å². The van der Waals surface area contributed by atoms with E-state index in [0.717, 1.165) is 18.4 Å². The number of rotatable bonds is 9. The Morgan fingerprint density at radius 3 is 2.19 bits per heavy atom. The highest BCUT2D eigenvalue weighted by Crippen LogP contribution is 2.29. The number of amides is 2. The van der Waals surface area contributed by atoms with Crippen molar-refractivity contribution in [2.75, 3.05) is 0 Å². The number of nitrogens with one attached hydrogen (secondary N) is 2. The molecule has 148 valence electrons. The van der Waals surface area contributed by atoms with Gasteiger partial charge in [-0.25, -0.2) is 4.79 Å². The highest BCUT2D eigenvalue weighted by molar-refractivity contribution is 5.92. The average molecular weight is 374 g/mol. The Labute approximate surface area is 161 Å². The van der Waals surface area contributed by atoms with Gasteiger partial charge in [-0.3, -0.25) is 9.59 Å². The van der Waals surface area contributed by atoms with Crippen LogP contribution in [0.15, 0.2) is 30.3 Å². The fourth-order valence-electron chi connectivity index (χ4n) is 2.77. The second kappa shape index (κ2) is 9.53. The second-order valence-electron chi connectivity index (χ2n) is 7.74. The molecule has 1 aliphatic carbocycles. The van der Waals surface area contributed by atoms with Gasteiger partial charge in [0.15, 0.2) is 0 Å². The molecule has 0 saturated heterocycles. The lowest BCUT2D eigenvalue weighted by Gasteiger charge is -2.25. The van der Waals surface area contributed by atoms with Gasteiger partial charge in [0, 0.05) is 12.3 Å². The molecular formula is C21H30N2O4. The molecule has 1 fully saturated rings. The van der Waals surface area contributed by atoms with Gasteiger partial charge in [-0.15, -0.1) is 0 Å². The first-order valence-electron chi connectivity index (χ1n) is 9.63. The van der Waals surface area contributed by atoms with Crippen LogP contribution >= 0.6 is 0 Å². The summed E-state index contributed by atoms with van der Waals surface area (Å²) in [6.07, 6.45) is 1.80. The smallest absolute Gasteiger partial charge is 0.329 e. The fourth-order valence-corrected chi connectivity index (χ4v) is 2.77. The van der Waals surface area contributed by atoms with E-state index in [0.29, 0.717) is 6.42 Å². The molecule has 0 bridgehead atoms. The van der Waals surface area contributed by atoms with Crippen LogP contribution in [-0.4, -0.2) is 36.0 Å². The van der Waals surface area contributed by atoms with Gasteiger partial charge in [0.25, 0.3) is 0 Å². The molecule has 6 nitrogen and oxygen atoms in total. The molecule has 0 aromatic heterocycles. The van der Waals surface area contributed by atoms with Crippen LogP contribution in [0, 0.1) is 11.8 Å². The summed E-state index contributed by atoms with van der Waals surface area (Å²) < 4.78 is 5.31. The van der Waals surface area contributed by atoms with Crippen molar-refractivity contribution in [3.05, 3.63) is 35.9 Å². The Balaban J connectivity index is 2.09. The predicted molar refractivity (Wildman–Crippen MR) is 103 cm³/mol. The van der Waals surface area contributed by atoms with Crippen molar-refractivity contribution in [3.8, 4) is 0 Å². The molecule has 0 unspecified atom stereocenters. The van der Waals surface area contributed by atoms with E-state index in [1.165, 1.54) is 0 Å². The monoisotopic (exact) mass is 374 g/mol. The molecule has 2 rings (SSSR count). The lowest BCUT2D eigenvalue weighted by atomic mass is 10.0. The van der Waals surface area contributed by atoms with Gasteiger partial charge in [0.1, 0.15) is 12.1 Å². The first-order chi connectivity index (χ1) is 12.8. The fraction of sp³-hybridized carbons (Fsp3) is 0.571. The van der Waals surface area contributed by atoms with E-state index in [4.69, 9.17) is 4.74 Å². The topological polar surface area (TPSA) is 84.5 Å². The maximum atomic E-state index is 12.8. The zero-order chi connectivity index (χ0) is 20.0. The van der Waals surface area contributed by atoms with Crippen molar-refractivity contribution in [1.82, 2.24) is 10.6 Å². The van der Waals surface area contributed by atoms with Crippen LogP contribution in [0.3, 0.4) is 0 Å². The van der Waals surface area contributed by atoms with Crippen molar-refractivity contribution >= 4 is 17.8 Å². The van der Waals surface area contributed by atoms with Gasteiger partial charge in [-0.2, -0.15) is 0 Å². The number of carbonyl (C=O) groups is 3. The summed E-state index contributed by atoms with van der Waals surface area (Å²) in [6.45, 7) is 7.28. The van der Waals surface area contributed by atoms with Crippen molar-refractivity contribution in [2.24, 2.45) is 11.8 Å². The zero-order valence-electron chi connectivity index (χ0n) is 16.5. The Morgan fingerprint density at radius 2 is 1.67 bits per heavy atom. The minimum Gasteiger partial charge on any atom is -0.461 e. The molecule has 1 aromatic rings. The quantitative estimate of drug-likeness (QED) is 0.649. The highest BCUT2D eigenvalue weighted by atomic mass is 16.5. The summed E-state index contributed by atoms with van der Waals surface area (Å²) in [5, 5.41) is 5.61. The summed E-state index contributed by atoms with van der Waals surface area (Å²) >= 11 is 0. The van der Waals surface area contributed by atoms with Crippen LogP contribution in [0.5, 0.6) is 0 Å². The number of benzene rings is 1. The highest BCUT2D eigenvalue weighted by Gasteiger charge is 2.35. The minimum atomic E-state index is -0.804. The lowest BCUT2D eigenvalue weighted by molar-refractivity contribution is -0.151. The SMILES string of the molecule is CC(C)OC(=O)[C@@H](Cc1ccccc1)NC(=O)[C@H](NC(=O)C1CC1)C(C)C. The number of hydrogen-bond acceptors (Lipinski definition) is 4. The predicted octanol–water partition coefficient (Wildman–Crippen LogP) is 2.22. The molecule has 6 heteroatoms. The van der Waals surface area contributed by atoms with Crippen LogP contribution < -0.4 is 10.6 Å². The van der Waals surface area contributed by atoms with Gasteiger partial charge < -0.3 is 15.4 Å². The number of ether oxygens (including phenoxy) is 1. The van der Waals surface area contributed by atoms with Gasteiger partial charge in [-0.1, -0.05) is 44.2 Å². The maximum absolute atomic E-state index is 12.8. The largest absolute Gasteiger partial charge is 0.461 e. The van der Waals surface area contributed by atoms with Crippen molar-refractivity contribution < 1.29 is 19.1 Å². The van der Waals surface area contributed by atoms with Crippen molar-refractivity contribution in [2.45, 2.75) is 65.1 Å². The van der Waals surface area contributed by atoms with Gasteiger partial charge in [0.2, 0.25) is 11.8 Å². The summed E-state index contributed by atoms with van der Waals surface area (Å²) in [4.78, 5) is 37.4. The molecule has 0 aliphatic heterocycles. The molecule has 2 N–H and O–H groups in total. The van der Waals surface area contributed by atoms with E-state index in [1.807, 2.05) is 44.2 Å². The van der Waals surface area contributed by atoms with Crippen LogP contribution in [0.2, 0.25) is 0 Å². The summed E-state index contributed by atoms with van der Waals surface area (Å²) in [7, 11) is 0. The van der Waals surface area contributed by atoms with Crippen LogP contribution in [0.1, 0.15) is 46.1 Å². The van der Waals surface area contributed by atoms with E-state index in [-0.39, 0.29) is 29.8 Å². The Morgan fingerprint density at radius 1 is 1.04 bits per heavy atom. The number of hydrogen-bond donors (Lipinski definition) is 2. The third-order valence-corrected chi connectivity index (χ3v) is 4.43. The van der Waals surface area contributed by atoms with E-state index >= 15 is 0 Å². The molecule has 0 heterocycles. The molecule has 0 spiro atoms. The number of carbonyl (C=O) groups excluding carboxylic acids is 3. The lowest BCUT2D eigenvalue weighted by Crippen LogP contribution is -2.54. The summed E-state index contributed by atoms with van der Waals surface area (Å²) in [5.74, 6) is -0.997. The minimum absolute atomic E-state index is 0.0186. The Hall–Kier alpha value is -2.37. The van der Waals surface area contributed by atoms with Gasteiger partial charge in [0.05, 0.1) is 6.10 Å². The van der Waals surface area contributed by atoms with Crippen molar-refractivity contribution in [1.29, 1.82) is 0 Å². The van der Waals surface area contributed by atoms with E-state index in [1.54, 1.807) is 13.8 Å².